The quantitative estimate of drug-likeness (QED) is 0.717. The number of benzene rings is 1. The molecule has 4 heteroatoms. The van der Waals surface area contributed by atoms with Crippen molar-refractivity contribution >= 4 is 5.91 Å². The maximum Gasteiger partial charge on any atom is 0.251 e. The zero-order valence-electron chi connectivity index (χ0n) is 10.9. The van der Waals surface area contributed by atoms with E-state index in [-0.39, 0.29) is 19.1 Å². The van der Waals surface area contributed by atoms with Crippen molar-refractivity contribution in [3.63, 3.8) is 0 Å². The minimum absolute atomic E-state index is 0.0344. The van der Waals surface area contributed by atoms with Gasteiger partial charge in [0.05, 0.1) is 12.2 Å². The van der Waals surface area contributed by atoms with Gasteiger partial charge in [-0.15, -0.1) is 0 Å². The fourth-order valence-electron chi connectivity index (χ4n) is 1.61. The molecule has 0 aliphatic carbocycles. The van der Waals surface area contributed by atoms with E-state index < -0.39 is 5.60 Å². The number of carbonyl (C=O) groups excluding carboxylic acids is 1. The van der Waals surface area contributed by atoms with Gasteiger partial charge in [-0.1, -0.05) is 26.0 Å². The average Bonchev–Trinajstić information content (AvgIpc) is 2.44. The predicted octanol–water partition coefficient (Wildman–Crippen LogP) is 1.46. The van der Waals surface area contributed by atoms with Crippen LogP contribution in [0.5, 0.6) is 0 Å². The van der Waals surface area contributed by atoms with Gasteiger partial charge >= 0.3 is 0 Å². The largest absolute Gasteiger partial charge is 0.392 e. The fourth-order valence-corrected chi connectivity index (χ4v) is 1.61. The monoisotopic (exact) mass is 251 g/mol. The number of amides is 1. The molecule has 0 atom stereocenters. The molecule has 0 saturated heterocycles. The summed E-state index contributed by atoms with van der Waals surface area (Å²) in [7, 11) is 0. The first kappa shape index (κ1) is 14.7. The lowest BCUT2D eigenvalue weighted by atomic mass is 9.97. The fraction of sp³-hybridized carbons (Fsp3) is 0.500. The molecular weight excluding hydrogens is 230 g/mol. The Morgan fingerprint density at radius 3 is 2.22 bits per heavy atom. The lowest BCUT2D eigenvalue weighted by Crippen LogP contribution is -2.42. The van der Waals surface area contributed by atoms with E-state index >= 15 is 0 Å². The van der Waals surface area contributed by atoms with Crippen LogP contribution in [0.15, 0.2) is 24.3 Å². The van der Waals surface area contributed by atoms with Crippen molar-refractivity contribution in [2.45, 2.75) is 38.9 Å². The van der Waals surface area contributed by atoms with Crippen molar-refractivity contribution in [3.8, 4) is 0 Å². The SMILES string of the molecule is CCC(O)(CC)CNC(=O)c1ccc(CO)cc1. The summed E-state index contributed by atoms with van der Waals surface area (Å²) in [6.07, 6.45) is 1.21. The van der Waals surface area contributed by atoms with Gasteiger partial charge in [-0.25, -0.2) is 0 Å². The first-order valence-corrected chi connectivity index (χ1v) is 6.25. The summed E-state index contributed by atoms with van der Waals surface area (Å²) in [5, 5.41) is 21.7. The molecule has 0 aliphatic rings. The van der Waals surface area contributed by atoms with Crippen LogP contribution in [0.3, 0.4) is 0 Å². The average molecular weight is 251 g/mol. The normalized spacial score (nSPS) is 11.3. The molecule has 0 spiro atoms. The van der Waals surface area contributed by atoms with Gasteiger partial charge in [0.15, 0.2) is 0 Å². The standard InChI is InChI=1S/C14H21NO3/c1-3-14(18,4-2)10-15-13(17)12-7-5-11(9-16)6-8-12/h5-8,16,18H,3-4,9-10H2,1-2H3,(H,15,17). The van der Waals surface area contributed by atoms with E-state index in [1.807, 2.05) is 13.8 Å². The maximum absolute atomic E-state index is 11.8. The molecule has 1 amide bonds. The molecule has 0 saturated carbocycles. The van der Waals surface area contributed by atoms with Crippen LogP contribution >= 0.6 is 0 Å². The Morgan fingerprint density at radius 2 is 1.78 bits per heavy atom. The van der Waals surface area contributed by atoms with Crippen LogP contribution in [-0.2, 0) is 6.61 Å². The summed E-state index contributed by atoms with van der Waals surface area (Å²) < 4.78 is 0. The van der Waals surface area contributed by atoms with E-state index in [2.05, 4.69) is 5.32 Å². The highest BCUT2D eigenvalue weighted by Gasteiger charge is 2.22. The van der Waals surface area contributed by atoms with E-state index in [4.69, 9.17) is 5.11 Å². The Morgan fingerprint density at radius 1 is 1.22 bits per heavy atom. The minimum Gasteiger partial charge on any atom is -0.392 e. The Kier molecular flexibility index (Phi) is 5.31. The van der Waals surface area contributed by atoms with Gasteiger partial charge in [-0.3, -0.25) is 4.79 Å². The van der Waals surface area contributed by atoms with Gasteiger partial charge in [0, 0.05) is 12.1 Å². The summed E-state index contributed by atoms with van der Waals surface area (Å²) in [5.41, 5.74) is 0.465. The van der Waals surface area contributed by atoms with E-state index in [0.29, 0.717) is 18.4 Å². The Hall–Kier alpha value is -1.39. The predicted molar refractivity (Wildman–Crippen MR) is 70.2 cm³/mol. The maximum atomic E-state index is 11.8. The van der Waals surface area contributed by atoms with Gasteiger partial charge in [-0.05, 0) is 30.5 Å². The first-order chi connectivity index (χ1) is 8.54. The number of aliphatic hydroxyl groups excluding tert-OH is 1. The van der Waals surface area contributed by atoms with Gasteiger partial charge in [0.2, 0.25) is 0 Å². The highest BCUT2D eigenvalue weighted by molar-refractivity contribution is 5.94. The molecule has 18 heavy (non-hydrogen) atoms. The second-order valence-corrected chi connectivity index (χ2v) is 4.47. The number of hydrogen-bond acceptors (Lipinski definition) is 3. The van der Waals surface area contributed by atoms with Crippen molar-refractivity contribution in [2.24, 2.45) is 0 Å². The van der Waals surface area contributed by atoms with E-state index in [1.54, 1.807) is 24.3 Å². The molecule has 100 valence electrons. The molecule has 4 nitrogen and oxygen atoms in total. The molecule has 0 unspecified atom stereocenters. The van der Waals surface area contributed by atoms with Gasteiger partial charge in [-0.2, -0.15) is 0 Å². The summed E-state index contributed by atoms with van der Waals surface area (Å²) in [5.74, 6) is -0.209. The van der Waals surface area contributed by atoms with Crippen molar-refractivity contribution in [2.75, 3.05) is 6.54 Å². The van der Waals surface area contributed by atoms with Crippen LogP contribution in [0, 0.1) is 0 Å². The molecule has 0 bridgehead atoms. The molecule has 0 aliphatic heterocycles. The van der Waals surface area contributed by atoms with Crippen molar-refractivity contribution < 1.29 is 15.0 Å². The molecule has 0 aromatic heterocycles. The second kappa shape index (κ2) is 6.52. The Balaban J connectivity index is 2.59. The molecule has 0 fully saturated rings. The van der Waals surface area contributed by atoms with Gasteiger partial charge in [0.25, 0.3) is 5.91 Å². The molecule has 0 radical (unpaired) electrons. The molecule has 3 N–H and O–H groups in total. The highest BCUT2D eigenvalue weighted by Crippen LogP contribution is 2.13. The summed E-state index contributed by atoms with van der Waals surface area (Å²) in [4.78, 5) is 11.8. The lowest BCUT2D eigenvalue weighted by molar-refractivity contribution is 0.0314. The third-order valence-corrected chi connectivity index (χ3v) is 3.29. The van der Waals surface area contributed by atoms with E-state index in [0.717, 1.165) is 5.56 Å². The topological polar surface area (TPSA) is 69.6 Å². The van der Waals surface area contributed by atoms with E-state index in [9.17, 15) is 9.90 Å². The van der Waals surface area contributed by atoms with Crippen LogP contribution in [0.4, 0.5) is 0 Å². The lowest BCUT2D eigenvalue weighted by Gasteiger charge is -2.25. The number of hydrogen-bond donors (Lipinski definition) is 3. The van der Waals surface area contributed by atoms with Crippen LogP contribution in [0.1, 0.15) is 42.6 Å². The molecular formula is C14H21NO3. The molecule has 0 heterocycles. The Labute approximate surface area is 108 Å². The van der Waals surface area contributed by atoms with Gasteiger partial charge < -0.3 is 15.5 Å². The van der Waals surface area contributed by atoms with Crippen molar-refractivity contribution in [1.29, 1.82) is 0 Å². The molecule has 1 rings (SSSR count). The number of carbonyl (C=O) groups is 1. The van der Waals surface area contributed by atoms with Crippen molar-refractivity contribution in [1.82, 2.24) is 5.32 Å². The third kappa shape index (κ3) is 3.82. The van der Waals surface area contributed by atoms with Crippen molar-refractivity contribution in [3.05, 3.63) is 35.4 Å². The van der Waals surface area contributed by atoms with Gasteiger partial charge in [0.1, 0.15) is 0 Å². The number of nitrogens with one attached hydrogen (secondary N) is 1. The minimum atomic E-state index is -0.833. The van der Waals surface area contributed by atoms with Crippen LogP contribution in [-0.4, -0.2) is 28.3 Å². The van der Waals surface area contributed by atoms with Crippen LogP contribution < -0.4 is 5.32 Å². The number of rotatable bonds is 6. The summed E-state index contributed by atoms with van der Waals surface area (Å²) in [6.45, 7) is 4.01. The number of aliphatic hydroxyl groups is 2. The first-order valence-electron chi connectivity index (χ1n) is 6.25. The summed E-state index contributed by atoms with van der Waals surface area (Å²) in [6, 6.07) is 6.75. The summed E-state index contributed by atoms with van der Waals surface area (Å²) >= 11 is 0. The molecule has 1 aromatic carbocycles. The van der Waals surface area contributed by atoms with Crippen LogP contribution in [0.2, 0.25) is 0 Å². The van der Waals surface area contributed by atoms with Crippen LogP contribution in [0.25, 0.3) is 0 Å². The Bertz CT molecular complexity index is 383. The highest BCUT2D eigenvalue weighted by atomic mass is 16.3. The zero-order chi connectivity index (χ0) is 13.6. The molecule has 1 aromatic rings. The van der Waals surface area contributed by atoms with E-state index in [1.165, 1.54) is 0 Å². The second-order valence-electron chi connectivity index (χ2n) is 4.47. The zero-order valence-corrected chi connectivity index (χ0v) is 10.9. The smallest absolute Gasteiger partial charge is 0.251 e. The third-order valence-electron chi connectivity index (χ3n) is 3.29.